The number of rotatable bonds is 5. The summed E-state index contributed by atoms with van der Waals surface area (Å²) in [7, 11) is 0. The van der Waals surface area contributed by atoms with Gasteiger partial charge in [0.05, 0.1) is 10.6 Å². The predicted octanol–water partition coefficient (Wildman–Crippen LogP) is 6.96. The van der Waals surface area contributed by atoms with Crippen LogP contribution in [0.25, 0.3) is 16.8 Å². The number of benzene rings is 4. The van der Waals surface area contributed by atoms with Gasteiger partial charge in [-0.2, -0.15) is 0 Å². The Morgan fingerprint density at radius 2 is 1.70 bits per heavy atom. The number of ether oxygens (including phenoxy) is 1. The topological polar surface area (TPSA) is 29.5 Å². The van der Waals surface area contributed by atoms with Gasteiger partial charge in [0.1, 0.15) is 18.2 Å². The molecular weight excluding hydrogens is 453 g/mol. The Bertz CT molecular complexity index is 1390. The molecule has 1 saturated heterocycles. The number of hydrogen-bond donors (Lipinski definition) is 0. The molecule has 5 rings (SSSR count). The van der Waals surface area contributed by atoms with Crippen molar-refractivity contribution in [3.8, 4) is 5.75 Å². The molecule has 6 heteroatoms. The molecule has 4 aromatic rings. The molecule has 1 aliphatic heterocycles. The monoisotopic (exact) mass is 471 g/mol. The van der Waals surface area contributed by atoms with Crippen LogP contribution in [0.3, 0.4) is 0 Å². The molecule has 0 spiro atoms. The van der Waals surface area contributed by atoms with Crippen LogP contribution >= 0.6 is 24.0 Å². The fourth-order valence-electron chi connectivity index (χ4n) is 3.70. The Labute approximate surface area is 200 Å². The van der Waals surface area contributed by atoms with Crippen LogP contribution in [0, 0.1) is 5.82 Å². The van der Waals surface area contributed by atoms with Crippen molar-refractivity contribution >= 4 is 56.7 Å². The van der Waals surface area contributed by atoms with Crippen molar-refractivity contribution in [3.05, 3.63) is 113 Å². The predicted molar refractivity (Wildman–Crippen MR) is 137 cm³/mol. The average molecular weight is 472 g/mol. The summed E-state index contributed by atoms with van der Waals surface area (Å²) in [5.41, 5.74) is 2.41. The van der Waals surface area contributed by atoms with Gasteiger partial charge in [0.25, 0.3) is 5.91 Å². The fourth-order valence-corrected chi connectivity index (χ4v) is 5.00. The lowest BCUT2D eigenvalue weighted by Crippen LogP contribution is -2.27. The van der Waals surface area contributed by atoms with Crippen LogP contribution < -0.4 is 9.64 Å². The quantitative estimate of drug-likeness (QED) is 0.232. The molecule has 0 aliphatic carbocycles. The molecule has 0 atom stereocenters. The van der Waals surface area contributed by atoms with Gasteiger partial charge in [-0.1, -0.05) is 84.6 Å². The molecular formula is C27H18FNO2S2. The zero-order valence-corrected chi connectivity index (χ0v) is 19.0. The fraction of sp³-hybridized carbons (Fsp3) is 0.0370. The molecule has 162 valence electrons. The van der Waals surface area contributed by atoms with Crippen molar-refractivity contribution in [3.63, 3.8) is 0 Å². The van der Waals surface area contributed by atoms with Gasteiger partial charge in [0.15, 0.2) is 4.32 Å². The molecule has 0 radical (unpaired) electrons. The molecule has 0 aromatic heterocycles. The van der Waals surface area contributed by atoms with Gasteiger partial charge in [-0.05, 0) is 58.3 Å². The minimum Gasteiger partial charge on any atom is -0.489 e. The SMILES string of the molecule is O=C1/C(=C\c2ccc(OCc3cccc4ccccc34)cc2)SC(=S)N1c1cccc(F)c1. The van der Waals surface area contributed by atoms with Crippen LogP contribution in [0.2, 0.25) is 0 Å². The van der Waals surface area contributed by atoms with E-state index in [0.717, 1.165) is 16.9 Å². The highest BCUT2D eigenvalue weighted by atomic mass is 32.2. The Kier molecular flexibility index (Phi) is 5.94. The van der Waals surface area contributed by atoms with E-state index in [4.69, 9.17) is 17.0 Å². The number of nitrogens with zero attached hydrogens (tertiary/aromatic N) is 1. The van der Waals surface area contributed by atoms with Gasteiger partial charge in [-0.15, -0.1) is 0 Å². The molecule has 1 fully saturated rings. The number of hydrogen-bond acceptors (Lipinski definition) is 4. The van der Waals surface area contributed by atoms with Gasteiger partial charge in [-0.3, -0.25) is 9.69 Å². The number of thiocarbonyl (C=S) groups is 1. The zero-order chi connectivity index (χ0) is 22.8. The maximum atomic E-state index is 13.6. The van der Waals surface area contributed by atoms with E-state index < -0.39 is 5.82 Å². The van der Waals surface area contributed by atoms with Gasteiger partial charge < -0.3 is 4.74 Å². The van der Waals surface area contributed by atoms with Crippen molar-refractivity contribution in [2.24, 2.45) is 0 Å². The lowest BCUT2D eigenvalue weighted by atomic mass is 10.1. The smallest absolute Gasteiger partial charge is 0.270 e. The van der Waals surface area contributed by atoms with Crippen molar-refractivity contribution in [1.82, 2.24) is 0 Å². The summed E-state index contributed by atoms with van der Waals surface area (Å²) in [6.07, 6.45) is 1.78. The van der Waals surface area contributed by atoms with E-state index in [1.807, 2.05) is 42.5 Å². The number of carbonyl (C=O) groups is 1. The lowest BCUT2D eigenvalue weighted by molar-refractivity contribution is -0.113. The molecule has 33 heavy (non-hydrogen) atoms. The molecule has 0 bridgehead atoms. The first-order chi connectivity index (χ1) is 16.1. The maximum Gasteiger partial charge on any atom is 0.270 e. The second-order valence-electron chi connectivity index (χ2n) is 7.49. The van der Waals surface area contributed by atoms with E-state index >= 15 is 0 Å². The van der Waals surface area contributed by atoms with Gasteiger partial charge in [0.2, 0.25) is 0 Å². The normalized spacial score (nSPS) is 14.9. The number of anilines is 1. The van der Waals surface area contributed by atoms with E-state index in [0.29, 0.717) is 21.5 Å². The first-order valence-electron chi connectivity index (χ1n) is 10.3. The van der Waals surface area contributed by atoms with Crippen LogP contribution in [0.1, 0.15) is 11.1 Å². The minimum atomic E-state index is -0.412. The van der Waals surface area contributed by atoms with Crippen molar-refractivity contribution < 1.29 is 13.9 Å². The molecule has 1 heterocycles. The first kappa shape index (κ1) is 21.4. The second kappa shape index (κ2) is 9.17. The van der Waals surface area contributed by atoms with Crippen molar-refractivity contribution in [2.45, 2.75) is 6.61 Å². The molecule has 0 saturated carbocycles. The highest BCUT2D eigenvalue weighted by Crippen LogP contribution is 2.36. The third-order valence-corrected chi connectivity index (χ3v) is 6.61. The zero-order valence-electron chi connectivity index (χ0n) is 17.4. The summed E-state index contributed by atoms with van der Waals surface area (Å²) in [5.74, 6) is 0.0731. The molecule has 0 N–H and O–H groups in total. The minimum absolute atomic E-state index is 0.258. The van der Waals surface area contributed by atoms with Crippen LogP contribution in [0.15, 0.2) is 95.9 Å². The summed E-state index contributed by atoms with van der Waals surface area (Å²) < 4.78 is 20.0. The van der Waals surface area contributed by atoms with E-state index in [2.05, 4.69) is 24.3 Å². The second-order valence-corrected chi connectivity index (χ2v) is 9.17. The van der Waals surface area contributed by atoms with E-state index in [1.165, 1.54) is 39.6 Å². The Morgan fingerprint density at radius 3 is 2.52 bits per heavy atom. The Hall–Kier alpha value is -3.48. The van der Waals surface area contributed by atoms with E-state index in [9.17, 15) is 9.18 Å². The van der Waals surface area contributed by atoms with Gasteiger partial charge in [-0.25, -0.2) is 4.39 Å². The van der Waals surface area contributed by atoms with Crippen LogP contribution in [-0.4, -0.2) is 10.2 Å². The lowest BCUT2D eigenvalue weighted by Gasteiger charge is -2.14. The average Bonchev–Trinajstić information content (AvgIpc) is 3.11. The molecule has 1 aliphatic rings. The highest BCUT2D eigenvalue weighted by Gasteiger charge is 2.33. The third kappa shape index (κ3) is 4.53. The highest BCUT2D eigenvalue weighted by molar-refractivity contribution is 8.27. The van der Waals surface area contributed by atoms with Crippen LogP contribution in [0.4, 0.5) is 10.1 Å². The van der Waals surface area contributed by atoms with E-state index in [-0.39, 0.29) is 5.91 Å². The number of fused-ring (bicyclic) bond motifs is 1. The summed E-state index contributed by atoms with van der Waals surface area (Å²) in [6.45, 7) is 0.465. The Morgan fingerprint density at radius 1 is 0.939 bits per heavy atom. The molecule has 0 unspecified atom stereocenters. The van der Waals surface area contributed by atoms with Crippen LogP contribution in [-0.2, 0) is 11.4 Å². The molecule has 3 nitrogen and oxygen atoms in total. The number of carbonyl (C=O) groups excluding carboxylic acids is 1. The number of halogens is 1. The van der Waals surface area contributed by atoms with Crippen molar-refractivity contribution in [2.75, 3.05) is 4.90 Å². The summed E-state index contributed by atoms with van der Waals surface area (Å²) in [6, 6.07) is 27.8. The number of amides is 1. The van der Waals surface area contributed by atoms with Crippen molar-refractivity contribution in [1.29, 1.82) is 0 Å². The van der Waals surface area contributed by atoms with Crippen LogP contribution in [0.5, 0.6) is 5.75 Å². The molecule has 1 amide bonds. The summed E-state index contributed by atoms with van der Waals surface area (Å²) in [5, 5.41) is 2.36. The number of thioether (sulfide) groups is 1. The maximum absolute atomic E-state index is 13.6. The summed E-state index contributed by atoms with van der Waals surface area (Å²) >= 11 is 6.56. The summed E-state index contributed by atoms with van der Waals surface area (Å²) in [4.78, 5) is 14.7. The van der Waals surface area contributed by atoms with Gasteiger partial charge >= 0.3 is 0 Å². The third-order valence-electron chi connectivity index (χ3n) is 5.31. The largest absolute Gasteiger partial charge is 0.489 e. The standard InChI is InChI=1S/C27H18FNO2S2/c28-21-8-4-9-22(16-21)29-26(30)25(33-27(29)32)15-18-11-13-23(14-12-18)31-17-20-7-3-6-19-5-1-2-10-24(19)20/h1-16H,17H2/b25-15+. The van der Waals surface area contributed by atoms with Gasteiger partial charge in [0, 0.05) is 0 Å². The van der Waals surface area contributed by atoms with E-state index in [1.54, 1.807) is 18.2 Å². The Balaban J connectivity index is 1.29. The molecule has 4 aromatic carbocycles. The first-order valence-corrected chi connectivity index (χ1v) is 11.5.